The molecular formula is C23H13Cl3Na2O6. The number of rotatable bonds is 4. The van der Waals surface area contributed by atoms with Crippen molar-refractivity contribution in [3.05, 3.63) is 90.5 Å². The van der Waals surface area contributed by atoms with Gasteiger partial charge in [-0.15, -0.1) is 0 Å². The molecule has 0 atom stereocenters. The van der Waals surface area contributed by atoms with E-state index in [-0.39, 0.29) is 108 Å². The second-order valence-corrected chi connectivity index (χ2v) is 8.19. The van der Waals surface area contributed by atoms with Gasteiger partial charge in [0.2, 0.25) is 0 Å². The van der Waals surface area contributed by atoms with Crippen LogP contribution in [0.25, 0.3) is 5.57 Å². The van der Waals surface area contributed by atoms with Crippen LogP contribution in [0.15, 0.2) is 53.1 Å². The van der Waals surface area contributed by atoms with Crippen LogP contribution in [-0.4, -0.2) is 22.8 Å². The maximum absolute atomic E-state index is 12.3. The number of halogens is 3. The van der Waals surface area contributed by atoms with Gasteiger partial charge in [-0.2, -0.15) is 0 Å². The molecule has 0 amide bonds. The van der Waals surface area contributed by atoms with Crippen molar-refractivity contribution in [2.45, 2.75) is 13.8 Å². The van der Waals surface area contributed by atoms with Crippen molar-refractivity contribution in [2.24, 2.45) is 0 Å². The Morgan fingerprint density at radius 1 is 0.941 bits per heavy atom. The number of carbonyl (C=O) groups is 3. The van der Waals surface area contributed by atoms with E-state index < -0.39 is 34.6 Å². The molecule has 1 aliphatic carbocycles. The molecule has 6 nitrogen and oxygen atoms in total. The molecule has 2 aromatic rings. The number of carboxylic acids is 2. The summed E-state index contributed by atoms with van der Waals surface area (Å²) in [7, 11) is 0. The number of aliphatic carboxylic acids is 1. The summed E-state index contributed by atoms with van der Waals surface area (Å²) in [6, 6.07) is 5.53. The average Bonchev–Trinajstić information content (AvgIpc) is 2.72. The molecule has 0 aliphatic heterocycles. The third kappa shape index (κ3) is 6.01. The Morgan fingerprint density at radius 2 is 1.56 bits per heavy atom. The van der Waals surface area contributed by atoms with E-state index >= 15 is 0 Å². The van der Waals surface area contributed by atoms with Gasteiger partial charge in [0.25, 0.3) is 0 Å². The van der Waals surface area contributed by atoms with Crippen molar-refractivity contribution in [2.75, 3.05) is 0 Å². The fourth-order valence-electron chi connectivity index (χ4n) is 3.34. The zero-order valence-electron chi connectivity index (χ0n) is 18.6. The number of allylic oxidation sites excluding steroid dienone is 4. The van der Waals surface area contributed by atoms with Crippen LogP contribution in [0.4, 0.5) is 0 Å². The van der Waals surface area contributed by atoms with E-state index in [4.69, 9.17) is 34.8 Å². The van der Waals surface area contributed by atoms with Crippen molar-refractivity contribution >= 4 is 58.1 Å². The Kier molecular flexibility index (Phi) is 11.2. The molecule has 0 bridgehead atoms. The summed E-state index contributed by atoms with van der Waals surface area (Å²) in [5.41, 5.74) is 0.229. The van der Waals surface area contributed by atoms with Crippen molar-refractivity contribution in [1.29, 1.82) is 0 Å². The Labute approximate surface area is 254 Å². The quantitative estimate of drug-likeness (QED) is 0.267. The topological polar surface area (TPSA) is 118 Å². The monoisotopic (exact) mass is 536 g/mol. The summed E-state index contributed by atoms with van der Waals surface area (Å²) in [4.78, 5) is 35.4. The molecule has 11 heteroatoms. The predicted molar refractivity (Wildman–Crippen MR) is 117 cm³/mol. The molecule has 3 rings (SSSR count). The molecule has 0 radical (unpaired) electrons. The van der Waals surface area contributed by atoms with Crippen molar-refractivity contribution in [1.82, 2.24) is 0 Å². The molecule has 0 unspecified atom stereocenters. The second kappa shape index (κ2) is 12.3. The molecule has 1 N–H and O–H groups in total. The van der Waals surface area contributed by atoms with Gasteiger partial charge in [0, 0.05) is 5.56 Å². The summed E-state index contributed by atoms with van der Waals surface area (Å²) in [6.45, 7) is 2.88. The Morgan fingerprint density at radius 3 is 2.12 bits per heavy atom. The van der Waals surface area contributed by atoms with E-state index in [1.54, 1.807) is 0 Å². The number of hydrogen-bond donors (Lipinski definition) is 1. The summed E-state index contributed by atoms with van der Waals surface area (Å²) in [5.74, 6) is -4.48. The van der Waals surface area contributed by atoms with Crippen LogP contribution in [0, 0.1) is 6.92 Å². The van der Waals surface area contributed by atoms with Gasteiger partial charge in [-0.3, -0.25) is 4.79 Å². The van der Waals surface area contributed by atoms with Gasteiger partial charge >= 0.3 is 65.1 Å². The smallest absolute Gasteiger partial charge is 0.872 e. The maximum atomic E-state index is 12.3. The molecule has 0 saturated carbocycles. The largest absolute Gasteiger partial charge is 1.00 e. The Bertz CT molecular complexity index is 1310. The molecule has 0 heterocycles. The van der Waals surface area contributed by atoms with Crippen LogP contribution in [0.1, 0.15) is 34.0 Å². The van der Waals surface area contributed by atoms with E-state index in [9.17, 15) is 29.7 Å². The molecule has 1 aliphatic rings. The van der Waals surface area contributed by atoms with Crippen LogP contribution in [0.3, 0.4) is 0 Å². The minimum absolute atomic E-state index is 0. The van der Waals surface area contributed by atoms with Crippen molar-refractivity contribution < 1.29 is 88.8 Å². The SMILES string of the molecule is CC1=C/C(=C(/c2cc(C)c([O-])c(C(=O)[O-])c2)c2ccc(Cl)c(Cl)c2Cl)C=C(C(=O)O)C1=O.[Na+].[Na+]. The first-order valence-electron chi connectivity index (χ1n) is 9.03. The van der Waals surface area contributed by atoms with Gasteiger partial charge < -0.3 is 20.1 Å². The zero-order chi connectivity index (χ0) is 23.9. The number of Topliss-reactive ketones (excluding diaryl/α,β-unsaturated/α-hetero) is 1. The number of aryl methyl sites for hydroxylation is 1. The van der Waals surface area contributed by atoms with Crippen LogP contribution in [-0.2, 0) is 9.59 Å². The van der Waals surface area contributed by atoms with E-state index in [0.717, 1.165) is 12.1 Å². The first-order valence-corrected chi connectivity index (χ1v) is 10.2. The minimum Gasteiger partial charge on any atom is -0.872 e. The van der Waals surface area contributed by atoms with Gasteiger partial charge in [0.1, 0.15) is 5.57 Å². The minimum atomic E-state index is -1.67. The van der Waals surface area contributed by atoms with E-state index in [1.165, 1.54) is 38.1 Å². The van der Waals surface area contributed by atoms with Crippen molar-refractivity contribution in [3.8, 4) is 5.75 Å². The number of ketones is 1. The summed E-state index contributed by atoms with van der Waals surface area (Å²) in [6.07, 6.45) is 2.60. The summed E-state index contributed by atoms with van der Waals surface area (Å²) >= 11 is 18.7. The third-order valence-corrected chi connectivity index (χ3v) is 6.18. The van der Waals surface area contributed by atoms with Crippen molar-refractivity contribution in [3.63, 3.8) is 0 Å². The molecule has 0 fully saturated rings. The number of aromatic carboxylic acids is 1. The zero-order valence-corrected chi connectivity index (χ0v) is 24.9. The first-order chi connectivity index (χ1) is 14.9. The van der Waals surface area contributed by atoms with Crippen LogP contribution in [0.5, 0.6) is 5.75 Å². The van der Waals surface area contributed by atoms with E-state index in [2.05, 4.69) is 0 Å². The van der Waals surface area contributed by atoms with Crippen LogP contribution >= 0.6 is 34.8 Å². The van der Waals surface area contributed by atoms with E-state index in [0.29, 0.717) is 0 Å². The molecule has 0 spiro atoms. The van der Waals surface area contributed by atoms with E-state index in [1.807, 2.05) is 0 Å². The van der Waals surface area contributed by atoms with Gasteiger partial charge in [0.05, 0.1) is 21.0 Å². The molecule has 0 aromatic heterocycles. The van der Waals surface area contributed by atoms with Gasteiger partial charge in [-0.25, -0.2) is 4.79 Å². The predicted octanol–water partition coefficient (Wildman–Crippen LogP) is -2.26. The number of benzene rings is 2. The molecule has 0 saturated heterocycles. The number of carboxylic acid groups (broad SMARTS) is 2. The summed E-state index contributed by atoms with van der Waals surface area (Å²) < 4.78 is 0. The molecular weight excluding hydrogens is 525 g/mol. The normalized spacial score (nSPS) is 14.3. The van der Waals surface area contributed by atoms with Gasteiger partial charge in [-0.05, 0) is 66.0 Å². The third-order valence-electron chi connectivity index (χ3n) is 4.88. The summed E-state index contributed by atoms with van der Waals surface area (Å²) in [5, 5.41) is 33.5. The van der Waals surface area contributed by atoms with Crippen LogP contribution < -0.4 is 69.3 Å². The maximum Gasteiger partial charge on any atom is 1.00 e. The fraction of sp³-hybridized carbons (Fsp3) is 0.0870. The van der Waals surface area contributed by atoms with Gasteiger partial charge in [0.15, 0.2) is 5.78 Å². The standard InChI is InChI=1S/C23H15Cl3O6.2Na/c1-9-5-11(7-14(20(9)27)22(29)30)17(13-3-4-16(24)19(26)18(13)25)12-6-10(2)21(28)15(8-12)23(31)32;;/h3-8,27H,1-2H3,(H,29,30)(H,31,32);;/q;2*+1/p-2/b17-12+;;. The Hall–Kier alpha value is -1.06. The number of hydrogen-bond acceptors (Lipinski definition) is 5. The molecule has 34 heavy (non-hydrogen) atoms. The first kappa shape index (κ1) is 31.0. The van der Waals surface area contributed by atoms with Crippen LogP contribution in [0.2, 0.25) is 15.1 Å². The second-order valence-electron chi connectivity index (χ2n) is 7.03. The molecule has 2 aromatic carbocycles. The average molecular weight is 538 g/mol. The molecule has 164 valence electrons. The fourth-order valence-corrected chi connectivity index (χ4v) is 3.97. The Balaban J connectivity index is 0.00000289. The van der Waals surface area contributed by atoms with Gasteiger partial charge in [-0.1, -0.05) is 58.2 Å². The number of carbonyl (C=O) groups excluding carboxylic acids is 2.